The summed E-state index contributed by atoms with van der Waals surface area (Å²) in [7, 11) is 0. The number of nitrogens with zero attached hydrogens (tertiary/aromatic N) is 4. The number of aromatic nitrogens is 2. The minimum absolute atomic E-state index is 0.219. The molecule has 0 radical (unpaired) electrons. The van der Waals surface area contributed by atoms with Crippen LogP contribution in [0.25, 0.3) is 0 Å². The van der Waals surface area contributed by atoms with Gasteiger partial charge in [0, 0.05) is 37.7 Å². The molecule has 2 aliphatic rings. The summed E-state index contributed by atoms with van der Waals surface area (Å²) in [5.74, 6) is 0.219. The van der Waals surface area contributed by atoms with E-state index in [1.54, 1.807) is 6.20 Å². The van der Waals surface area contributed by atoms with Crippen LogP contribution in [0.1, 0.15) is 30.7 Å². The van der Waals surface area contributed by atoms with Crippen LogP contribution in [-0.2, 0) is 17.8 Å². The normalized spacial score (nSPS) is 19.8. The van der Waals surface area contributed by atoms with E-state index in [0.29, 0.717) is 11.8 Å². The predicted molar refractivity (Wildman–Crippen MR) is 100 cm³/mol. The second-order valence-corrected chi connectivity index (χ2v) is 7.66. The molecule has 0 bridgehead atoms. The lowest BCUT2D eigenvalue weighted by atomic mass is 9.78. The highest BCUT2D eigenvalue weighted by Gasteiger charge is 2.41. The minimum Gasteiger partial charge on any atom is -0.342 e. The fraction of sp³-hybridized carbons (Fsp3) is 0.476. The number of amides is 1. The van der Waals surface area contributed by atoms with Crippen LogP contribution in [0.3, 0.4) is 0 Å². The lowest BCUT2D eigenvalue weighted by Crippen LogP contribution is -2.42. The van der Waals surface area contributed by atoms with E-state index in [0.717, 1.165) is 50.5 Å². The molecule has 0 atom stereocenters. The van der Waals surface area contributed by atoms with E-state index in [2.05, 4.69) is 31.9 Å². The molecule has 0 aromatic carbocycles. The van der Waals surface area contributed by atoms with Crippen LogP contribution >= 0.6 is 0 Å². The Morgan fingerprint density at radius 3 is 2.23 bits per heavy atom. The van der Waals surface area contributed by atoms with Crippen LogP contribution in [0.15, 0.2) is 48.8 Å². The topological polar surface area (TPSA) is 49.3 Å². The van der Waals surface area contributed by atoms with Gasteiger partial charge in [-0.25, -0.2) is 0 Å². The number of piperidine rings is 1. The minimum atomic E-state index is 0.219. The van der Waals surface area contributed by atoms with Gasteiger partial charge in [0.15, 0.2) is 0 Å². The van der Waals surface area contributed by atoms with Gasteiger partial charge in [0.05, 0.1) is 12.1 Å². The van der Waals surface area contributed by atoms with E-state index in [1.807, 2.05) is 30.5 Å². The summed E-state index contributed by atoms with van der Waals surface area (Å²) in [6.07, 6.45) is 7.52. The second kappa shape index (κ2) is 7.54. The van der Waals surface area contributed by atoms with Crippen LogP contribution in [0.2, 0.25) is 0 Å². The first kappa shape index (κ1) is 17.2. The van der Waals surface area contributed by atoms with Crippen molar-refractivity contribution in [2.24, 2.45) is 5.41 Å². The standard InChI is InChI=1S/C21H26N4O/c26-20(15-18-5-1-3-10-22-18)25-14-9-21(17-25)7-12-24(13-8-21)16-19-6-2-4-11-23-19/h1-6,10-11H,7-9,12-17H2. The van der Waals surface area contributed by atoms with E-state index >= 15 is 0 Å². The Morgan fingerprint density at radius 2 is 1.58 bits per heavy atom. The fourth-order valence-corrected chi connectivity index (χ4v) is 4.23. The number of rotatable bonds is 4. The van der Waals surface area contributed by atoms with Crippen molar-refractivity contribution in [3.63, 3.8) is 0 Å². The Bertz CT molecular complexity index is 726. The molecule has 26 heavy (non-hydrogen) atoms. The zero-order valence-electron chi connectivity index (χ0n) is 15.2. The van der Waals surface area contributed by atoms with Crippen molar-refractivity contribution in [1.82, 2.24) is 19.8 Å². The average molecular weight is 350 g/mol. The Labute approximate surface area is 155 Å². The Kier molecular flexibility index (Phi) is 4.98. The Balaban J connectivity index is 1.29. The van der Waals surface area contributed by atoms with Crippen molar-refractivity contribution >= 4 is 5.91 Å². The van der Waals surface area contributed by atoms with Crippen molar-refractivity contribution in [3.05, 3.63) is 60.2 Å². The number of carbonyl (C=O) groups excluding carboxylic acids is 1. The molecule has 2 aliphatic heterocycles. The van der Waals surface area contributed by atoms with Crippen molar-refractivity contribution in [2.75, 3.05) is 26.2 Å². The van der Waals surface area contributed by atoms with Gasteiger partial charge in [-0.05, 0) is 62.0 Å². The molecule has 2 aromatic rings. The Hall–Kier alpha value is -2.27. The molecule has 2 saturated heterocycles. The molecular weight excluding hydrogens is 324 g/mol. The van der Waals surface area contributed by atoms with Crippen LogP contribution in [-0.4, -0.2) is 51.9 Å². The maximum absolute atomic E-state index is 12.6. The van der Waals surface area contributed by atoms with E-state index in [1.165, 1.54) is 12.8 Å². The maximum atomic E-state index is 12.6. The van der Waals surface area contributed by atoms with E-state index in [9.17, 15) is 4.79 Å². The summed E-state index contributed by atoms with van der Waals surface area (Å²) < 4.78 is 0. The van der Waals surface area contributed by atoms with Crippen molar-refractivity contribution in [1.29, 1.82) is 0 Å². The van der Waals surface area contributed by atoms with Gasteiger partial charge in [0.1, 0.15) is 0 Å². The van der Waals surface area contributed by atoms with E-state index in [-0.39, 0.29) is 5.91 Å². The second-order valence-electron chi connectivity index (χ2n) is 7.66. The third-order valence-corrected chi connectivity index (χ3v) is 5.88. The van der Waals surface area contributed by atoms with Gasteiger partial charge in [0.25, 0.3) is 0 Å². The first-order chi connectivity index (χ1) is 12.7. The molecule has 4 heterocycles. The number of likely N-dealkylation sites (tertiary alicyclic amines) is 2. The smallest absolute Gasteiger partial charge is 0.228 e. The summed E-state index contributed by atoms with van der Waals surface area (Å²) >= 11 is 0. The average Bonchev–Trinajstić information content (AvgIpc) is 3.10. The van der Waals surface area contributed by atoms with Gasteiger partial charge >= 0.3 is 0 Å². The summed E-state index contributed by atoms with van der Waals surface area (Å²) in [4.78, 5) is 25.9. The lowest BCUT2D eigenvalue weighted by molar-refractivity contribution is -0.130. The first-order valence-corrected chi connectivity index (χ1v) is 9.52. The highest BCUT2D eigenvalue weighted by molar-refractivity contribution is 5.78. The van der Waals surface area contributed by atoms with Gasteiger partial charge in [-0.15, -0.1) is 0 Å². The molecule has 0 N–H and O–H groups in total. The molecule has 136 valence electrons. The van der Waals surface area contributed by atoms with Gasteiger partial charge < -0.3 is 4.90 Å². The number of pyridine rings is 2. The highest BCUT2D eigenvalue weighted by Crippen LogP contribution is 2.40. The number of carbonyl (C=O) groups is 1. The quantitative estimate of drug-likeness (QED) is 0.850. The summed E-state index contributed by atoms with van der Waals surface area (Å²) in [6, 6.07) is 11.9. The van der Waals surface area contributed by atoms with Gasteiger partial charge in [0.2, 0.25) is 5.91 Å². The van der Waals surface area contributed by atoms with Gasteiger partial charge in [-0.2, -0.15) is 0 Å². The number of hydrogen-bond acceptors (Lipinski definition) is 4. The molecule has 5 heteroatoms. The molecule has 1 spiro atoms. The van der Waals surface area contributed by atoms with Gasteiger partial charge in [-0.1, -0.05) is 12.1 Å². The third kappa shape index (κ3) is 3.93. The van der Waals surface area contributed by atoms with E-state index < -0.39 is 0 Å². The molecule has 5 nitrogen and oxygen atoms in total. The summed E-state index contributed by atoms with van der Waals surface area (Å²) in [5, 5.41) is 0. The number of hydrogen-bond donors (Lipinski definition) is 0. The Morgan fingerprint density at radius 1 is 0.923 bits per heavy atom. The predicted octanol–water partition coefficient (Wildman–Crippen LogP) is 2.53. The fourth-order valence-electron chi connectivity index (χ4n) is 4.23. The third-order valence-electron chi connectivity index (χ3n) is 5.88. The first-order valence-electron chi connectivity index (χ1n) is 9.52. The zero-order chi connectivity index (χ0) is 17.8. The summed E-state index contributed by atoms with van der Waals surface area (Å²) in [6.45, 7) is 4.93. The molecule has 1 amide bonds. The molecule has 2 fully saturated rings. The van der Waals surface area contributed by atoms with Crippen LogP contribution in [0, 0.1) is 5.41 Å². The molecule has 0 unspecified atom stereocenters. The zero-order valence-corrected chi connectivity index (χ0v) is 15.2. The van der Waals surface area contributed by atoms with Crippen molar-refractivity contribution < 1.29 is 4.79 Å². The van der Waals surface area contributed by atoms with Gasteiger partial charge in [-0.3, -0.25) is 19.7 Å². The van der Waals surface area contributed by atoms with Crippen molar-refractivity contribution in [3.8, 4) is 0 Å². The van der Waals surface area contributed by atoms with E-state index in [4.69, 9.17) is 0 Å². The lowest BCUT2D eigenvalue weighted by Gasteiger charge is -2.39. The molecule has 4 rings (SSSR count). The van der Waals surface area contributed by atoms with Crippen LogP contribution in [0.4, 0.5) is 0 Å². The monoisotopic (exact) mass is 350 g/mol. The van der Waals surface area contributed by atoms with Crippen LogP contribution in [0.5, 0.6) is 0 Å². The molecule has 0 aliphatic carbocycles. The highest BCUT2D eigenvalue weighted by atomic mass is 16.2. The molecule has 0 saturated carbocycles. The van der Waals surface area contributed by atoms with Crippen LogP contribution < -0.4 is 0 Å². The molecular formula is C21H26N4O. The summed E-state index contributed by atoms with van der Waals surface area (Å²) in [5.41, 5.74) is 2.33. The SMILES string of the molecule is O=C(Cc1ccccn1)N1CCC2(CCN(Cc3ccccn3)CC2)C1. The largest absolute Gasteiger partial charge is 0.342 e. The maximum Gasteiger partial charge on any atom is 0.228 e. The van der Waals surface area contributed by atoms with Crippen molar-refractivity contribution in [2.45, 2.75) is 32.2 Å². The molecule has 2 aromatic heterocycles.